The summed E-state index contributed by atoms with van der Waals surface area (Å²) >= 11 is 0. The van der Waals surface area contributed by atoms with Crippen molar-refractivity contribution in [2.75, 3.05) is 4.90 Å². The van der Waals surface area contributed by atoms with Gasteiger partial charge >= 0.3 is 0 Å². The van der Waals surface area contributed by atoms with Crippen molar-refractivity contribution in [1.82, 2.24) is 0 Å². The lowest BCUT2D eigenvalue weighted by molar-refractivity contribution is 0.590. The molecule has 0 aliphatic heterocycles. The Morgan fingerprint density at radius 1 is 0.600 bits per heavy atom. The quantitative estimate of drug-likeness (QED) is 0.337. The maximum absolute atomic E-state index is 2.40. The van der Waals surface area contributed by atoms with Crippen molar-refractivity contribution >= 4 is 22.1 Å². The summed E-state index contributed by atoms with van der Waals surface area (Å²) in [6.07, 6.45) is 0. The van der Waals surface area contributed by atoms with Gasteiger partial charge in [0.05, 0.1) is 0 Å². The fraction of sp³-hybridized carbons (Fsp3) is 0.241. The second kappa shape index (κ2) is 7.99. The lowest BCUT2D eigenvalue weighted by atomic mass is 9.87. The third-order valence-electron chi connectivity index (χ3n) is 5.76. The standard InChI is InChI=1S/C29H31N/c1-21(2)30(28-18-14-26(15-19-28)29(3,4)5)27-16-12-23(13-17-27)25-11-10-22-8-6-7-9-24(22)20-25/h6-21H,1-5H3. The number of rotatable bonds is 4. The largest absolute Gasteiger partial charge is 0.339 e. The van der Waals surface area contributed by atoms with Crippen LogP contribution in [0.3, 0.4) is 0 Å². The van der Waals surface area contributed by atoms with Gasteiger partial charge in [-0.2, -0.15) is 0 Å². The van der Waals surface area contributed by atoms with Crippen molar-refractivity contribution in [2.24, 2.45) is 0 Å². The first-order valence-corrected chi connectivity index (χ1v) is 10.8. The highest BCUT2D eigenvalue weighted by atomic mass is 15.2. The topological polar surface area (TPSA) is 3.24 Å². The molecule has 1 heteroatoms. The summed E-state index contributed by atoms with van der Waals surface area (Å²) in [6.45, 7) is 11.3. The number of hydrogen-bond acceptors (Lipinski definition) is 1. The third kappa shape index (κ3) is 4.11. The summed E-state index contributed by atoms with van der Waals surface area (Å²) in [6, 6.07) is 33.5. The van der Waals surface area contributed by atoms with Crippen molar-refractivity contribution in [2.45, 2.75) is 46.1 Å². The van der Waals surface area contributed by atoms with E-state index in [1.54, 1.807) is 0 Å². The molecule has 0 aliphatic rings. The van der Waals surface area contributed by atoms with Crippen LogP contribution >= 0.6 is 0 Å². The third-order valence-corrected chi connectivity index (χ3v) is 5.76. The fourth-order valence-corrected chi connectivity index (χ4v) is 4.05. The summed E-state index contributed by atoms with van der Waals surface area (Å²) in [7, 11) is 0. The Morgan fingerprint density at radius 2 is 1.13 bits per heavy atom. The second-order valence-electron chi connectivity index (χ2n) is 9.37. The highest BCUT2D eigenvalue weighted by Gasteiger charge is 2.17. The maximum Gasteiger partial charge on any atom is 0.0413 e. The highest BCUT2D eigenvalue weighted by Crippen LogP contribution is 2.33. The van der Waals surface area contributed by atoms with Gasteiger partial charge in [-0.1, -0.05) is 81.4 Å². The molecule has 0 amide bonds. The van der Waals surface area contributed by atoms with Crippen LogP contribution < -0.4 is 4.90 Å². The molecule has 0 bridgehead atoms. The number of fused-ring (bicyclic) bond motifs is 1. The highest BCUT2D eigenvalue weighted by molar-refractivity contribution is 5.87. The molecule has 4 rings (SSSR count). The van der Waals surface area contributed by atoms with Crippen molar-refractivity contribution in [3.63, 3.8) is 0 Å². The van der Waals surface area contributed by atoms with Crippen LogP contribution in [0.25, 0.3) is 21.9 Å². The summed E-state index contributed by atoms with van der Waals surface area (Å²) in [5.41, 5.74) is 6.49. The van der Waals surface area contributed by atoms with Gasteiger partial charge in [0.2, 0.25) is 0 Å². The summed E-state index contributed by atoms with van der Waals surface area (Å²) in [5, 5.41) is 2.56. The first kappa shape index (κ1) is 20.2. The molecule has 0 aliphatic carbocycles. The van der Waals surface area contributed by atoms with E-state index >= 15 is 0 Å². The smallest absolute Gasteiger partial charge is 0.0413 e. The number of nitrogens with zero attached hydrogens (tertiary/aromatic N) is 1. The minimum absolute atomic E-state index is 0.169. The van der Waals surface area contributed by atoms with E-state index in [9.17, 15) is 0 Å². The minimum Gasteiger partial charge on any atom is -0.339 e. The minimum atomic E-state index is 0.169. The van der Waals surface area contributed by atoms with Crippen molar-refractivity contribution in [3.8, 4) is 11.1 Å². The van der Waals surface area contributed by atoms with Gasteiger partial charge < -0.3 is 4.90 Å². The Labute approximate surface area is 181 Å². The number of anilines is 2. The zero-order valence-corrected chi connectivity index (χ0v) is 18.7. The van der Waals surface area contributed by atoms with E-state index in [0.717, 1.165) is 0 Å². The van der Waals surface area contributed by atoms with Gasteiger partial charge in [0.15, 0.2) is 0 Å². The molecule has 1 nitrogen and oxygen atoms in total. The van der Waals surface area contributed by atoms with Crippen molar-refractivity contribution < 1.29 is 0 Å². The first-order valence-electron chi connectivity index (χ1n) is 10.8. The Morgan fingerprint density at radius 3 is 1.70 bits per heavy atom. The second-order valence-corrected chi connectivity index (χ2v) is 9.37. The molecule has 0 saturated carbocycles. The molecule has 0 aromatic heterocycles. The van der Waals surface area contributed by atoms with Gasteiger partial charge in [0.25, 0.3) is 0 Å². The normalized spacial score (nSPS) is 11.8. The number of benzene rings is 4. The Kier molecular flexibility index (Phi) is 5.39. The summed E-state index contributed by atoms with van der Waals surface area (Å²) < 4.78 is 0. The summed E-state index contributed by atoms with van der Waals surface area (Å²) in [4.78, 5) is 2.40. The van der Waals surface area contributed by atoms with Crippen molar-refractivity contribution in [1.29, 1.82) is 0 Å². The molecule has 0 unspecified atom stereocenters. The van der Waals surface area contributed by atoms with E-state index in [1.807, 2.05) is 0 Å². The SMILES string of the molecule is CC(C)N(c1ccc(-c2ccc3ccccc3c2)cc1)c1ccc(C(C)(C)C)cc1. The van der Waals surface area contributed by atoms with Crippen LogP contribution in [0.5, 0.6) is 0 Å². The van der Waals surface area contributed by atoms with Crippen LogP contribution in [-0.4, -0.2) is 6.04 Å². The van der Waals surface area contributed by atoms with Crippen LogP contribution in [0, 0.1) is 0 Å². The molecule has 0 N–H and O–H groups in total. The molecule has 30 heavy (non-hydrogen) atoms. The fourth-order valence-electron chi connectivity index (χ4n) is 4.05. The molecule has 0 saturated heterocycles. The molecular formula is C29H31N. The van der Waals surface area contributed by atoms with Gasteiger partial charge in [-0.05, 0) is 77.1 Å². The predicted molar refractivity (Wildman–Crippen MR) is 132 cm³/mol. The van der Waals surface area contributed by atoms with E-state index in [-0.39, 0.29) is 5.41 Å². The van der Waals surface area contributed by atoms with Crippen LogP contribution in [0.4, 0.5) is 11.4 Å². The van der Waals surface area contributed by atoms with Gasteiger partial charge in [-0.25, -0.2) is 0 Å². The predicted octanol–water partition coefficient (Wildman–Crippen LogP) is 8.35. The molecule has 0 heterocycles. The van der Waals surface area contributed by atoms with Gasteiger partial charge in [0.1, 0.15) is 0 Å². The van der Waals surface area contributed by atoms with Crippen molar-refractivity contribution in [3.05, 3.63) is 96.6 Å². The lowest BCUT2D eigenvalue weighted by Crippen LogP contribution is -2.25. The van der Waals surface area contributed by atoms with Crippen LogP contribution in [-0.2, 0) is 5.41 Å². The lowest BCUT2D eigenvalue weighted by Gasteiger charge is -2.30. The van der Waals surface area contributed by atoms with E-state index in [2.05, 4.69) is 131 Å². The monoisotopic (exact) mass is 393 g/mol. The van der Waals surface area contributed by atoms with E-state index < -0.39 is 0 Å². The van der Waals surface area contributed by atoms with Crippen LogP contribution in [0.15, 0.2) is 91.0 Å². The zero-order valence-electron chi connectivity index (χ0n) is 18.7. The summed E-state index contributed by atoms with van der Waals surface area (Å²) in [5.74, 6) is 0. The first-order chi connectivity index (χ1) is 14.3. The Balaban J connectivity index is 1.64. The zero-order chi connectivity index (χ0) is 21.3. The van der Waals surface area contributed by atoms with Gasteiger partial charge in [-0.3, -0.25) is 0 Å². The molecule has 0 spiro atoms. The van der Waals surface area contributed by atoms with Gasteiger partial charge in [-0.15, -0.1) is 0 Å². The molecule has 4 aromatic carbocycles. The Bertz CT molecular complexity index is 1130. The number of hydrogen-bond donors (Lipinski definition) is 0. The van der Waals surface area contributed by atoms with Gasteiger partial charge in [0, 0.05) is 17.4 Å². The molecule has 152 valence electrons. The van der Waals surface area contributed by atoms with Crippen LogP contribution in [0.2, 0.25) is 0 Å². The molecule has 0 atom stereocenters. The average molecular weight is 394 g/mol. The van der Waals surface area contributed by atoms with E-state index in [1.165, 1.54) is 38.8 Å². The molecule has 4 aromatic rings. The van der Waals surface area contributed by atoms with E-state index in [4.69, 9.17) is 0 Å². The van der Waals surface area contributed by atoms with Crippen LogP contribution in [0.1, 0.15) is 40.2 Å². The Hall–Kier alpha value is -3.06. The molecular weight excluding hydrogens is 362 g/mol. The maximum atomic E-state index is 2.40. The molecule has 0 fully saturated rings. The average Bonchev–Trinajstić information content (AvgIpc) is 2.73. The van der Waals surface area contributed by atoms with E-state index in [0.29, 0.717) is 6.04 Å². The molecule has 0 radical (unpaired) electrons.